The highest BCUT2D eigenvalue weighted by molar-refractivity contribution is 5.54. The third-order valence-corrected chi connectivity index (χ3v) is 2.98. The van der Waals surface area contributed by atoms with Gasteiger partial charge in [-0.05, 0) is 25.2 Å². The highest BCUT2D eigenvalue weighted by atomic mass is 16.3. The van der Waals surface area contributed by atoms with E-state index < -0.39 is 0 Å². The van der Waals surface area contributed by atoms with E-state index in [-0.39, 0.29) is 6.10 Å². The summed E-state index contributed by atoms with van der Waals surface area (Å²) in [7, 11) is 0. The Bertz CT molecular complexity index is 365. The lowest BCUT2D eigenvalue weighted by Gasteiger charge is -2.14. The number of aromatic nitrogens is 2. The van der Waals surface area contributed by atoms with E-state index in [4.69, 9.17) is 5.73 Å². The molecule has 0 saturated heterocycles. The number of hydrogen-bond donors (Lipinski definition) is 3. The van der Waals surface area contributed by atoms with Gasteiger partial charge in [-0.15, -0.1) is 0 Å². The van der Waals surface area contributed by atoms with Crippen molar-refractivity contribution >= 4 is 11.6 Å². The van der Waals surface area contributed by atoms with Crippen molar-refractivity contribution in [2.45, 2.75) is 32.3 Å². The number of nitrogens with zero attached hydrogens (tertiary/aromatic N) is 2. The summed E-state index contributed by atoms with van der Waals surface area (Å²) < 4.78 is 0. The molecule has 5 heteroatoms. The van der Waals surface area contributed by atoms with Crippen LogP contribution in [0, 0.1) is 5.92 Å². The van der Waals surface area contributed by atoms with Gasteiger partial charge in [0.15, 0.2) is 0 Å². The van der Waals surface area contributed by atoms with Crippen LogP contribution in [0.4, 0.5) is 11.6 Å². The highest BCUT2D eigenvalue weighted by Gasteiger charge is 2.29. The lowest BCUT2D eigenvalue weighted by molar-refractivity contribution is 0.164. The van der Waals surface area contributed by atoms with Gasteiger partial charge >= 0.3 is 0 Å². The van der Waals surface area contributed by atoms with Gasteiger partial charge in [0, 0.05) is 12.1 Å². The number of rotatable bonds is 5. The smallest absolute Gasteiger partial charge is 0.134 e. The molecule has 0 aliphatic heterocycles. The van der Waals surface area contributed by atoms with Crippen molar-refractivity contribution in [3.8, 4) is 0 Å². The normalized spacial score (nSPS) is 17.1. The molecule has 2 rings (SSSR count). The molecule has 0 spiro atoms. The molecular weight excluding hydrogens is 204 g/mol. The van der Waals surface area contributed by atoms with Crippen LogP contribution in [0.5, 0.6) is 0 Å². The first kappa shape index (κ1) is 11.1. The monoisotopic (exact) mass is 222 g/mol. The van der Waals surface area contributed by atoms with Crippen LogP contribution in [0.3, 0.4) is 0 Å². The molecule has 4 N–H and O–H groups in total. The van der Waals surface area contributed by atoms with E-state index in [0.29, 0.717) is 18.3 Å². The number of nitrogens with one attached hydrogen (secondary N) is 1. The quantitative estimate of drug-likeness (QED) is 0.686. The Morgan fingerprint density at radius 1 is 1.56 bits per heavy atom. The van der Waals surface area contributed by atoms with E-state index in [1.807, 2.05) is 6.92 Å². The minimum Gasteiger partial charge on any atom is -0.391 e. The SMILES string of the molecule is CCc1c(N)ncnc1NCC(O)C1CC1. The van der Waals surface area contributed by atoms with E-state index in [2.05, 4.69) is 15.3 Å². The molecule has 16 heavy (non-hydrogen) atoms. The zero-order chi connectivity index (χ0) is 11.5. The molecule has 88 valence electrons. The van der Waals surface area contributed by atoms with Crippen LogP contribution in [0.2, 0.25) is 0 Å². The molecular formula is C11H18N4O. The van der Waals surface area contributed by atoms with Gasteiger partial charge in [0.05, 0.1) is 6.10 Å². The summed E-state index contributed by atoms with van der Waals surface area (Å²) in [6.45, 7) is 2.55. The fourth-order valence-electron chi connectivity index (χ4n) is 1.78. The Balaban J connectivity index is 1.99. The molecule has 1 fully saturated rings. The third kappa shape index (κ3) is 2.41. The standard InChI is InChI=1S/C11H18N4O/c1-2-8-10(12)14-6-15-11(8)13-5-9(16)7-3-4-7/h6-7,9,16H,2-5H2,1H3,(H3,12,13,14,15). The van der Waals surface area contributed by atoms with E-state index in [9.17, 15) is 5.11 Å². The fraction of sp³-hybridized carbons (Fsp3) is 0.636. The maximum atomic E-state index is 9.75. The summed E-state index contributed by atoms with van der Waals surface area (Å²) >= 11 is 0. The highest BCUT2D eigenvalue weighted by Crippen LogP contribution is 2.32. The van der Waals surface area contributed by atoms with Crippen molar-refractivity contribution in [1.29, 1.82) is 0 Å². The van der Waals surface area contributed by atoms with Crippen molar-refractivity contribution in [2.24, 2.45) is 5.92 Å². The molecule has 1 aromatic rings. The third-order valence-electron chi connectivity index (χ3n) is 2.98. The summed E-state index contributed by atoms with van der Waals surface area (Å²) in [6.07, 6.45) is 4.22. The molecule has 1 atom stereocenters. The summed E-state index contributed by atoms with van der Waals surface area (Å²) in [5.74, 6) is 1.73. The maximum absolute atomic E-state index is 9.75. The number of anilines is 2. The Morgan fingerprint density at radius 2 is 2.31 bits per heavy atom. The van der Waals surface area contributed by atoms with Crippen LogP contribution in [0.1, 0.15) is 25.3 Å². The number of hydrogen-bond acceptors (Lipinski definition) is 5. The second kappa shape index (κ2) is 4.65. The Labute approximate surface area is 95.1 Å². The number of aliphatic hydroxyl groups is 1. The molecule has 0 aromatic carbocycles. The topological polar surface area (TPSA) is 84.1 Å². The molecule has 1 saturated carbocycles. The Hall–Kier alpha value is -1.36. The summed E-state index contributed by atoms with van der Waals surface area (Å²) in [4.78, 5) is 8.10. The molecule has 0 bridgehead atoms. The predicted molar refractivity (Wildman–Crippen MR) is 63.0 cm³/mol. The largest absolute Gasteiger partial charge is 0.391 e. The molecule has 1 unspecified atom stereocenters. The van der Waals surface area contributed by atoms with Crippen LogP contribution in [-0.4, -0.2) is 27.7 Å². The van der Waals surface area contributed by atoms with E-state index in [1.54, 1.807) is 0 Å². The fourth-order valence-corrected chi connectivity index (χ4v) is 1.78. The van der Waals surface area contributed by atoms with Gasteiger partial charge < -0.3 is 16.2 Å². The second-order valence-corrected chi connectivity index (χ2v) is 4.23. The Morgan fingerprint density at radius 3 is 2.94 bits per heavy atom. The molecule has 0 amide bonds. The minimum atomic E-state index is -0.277. The number of nitrogens with two attached hydrogens (primary N) is 1. The molecule has 1 aliphatic rings. The van der Waals surface area contributed by atoms with Crippen molar-refractivity contribution in [3.05, 3.63) is 11.9 Å². The maximum Gasteiger partial charge on any atom is 0.134 e. The van der Waals surface area contributed by atoms with Crippen LogP contribution < -0.4 is 11.1 Å². The van der Waals surface area contributed by atoms with E-state index in [0.717, 1.165) is 30.6 Å². The van der Waals surface area contributed by atoms with Crippen molar-refractivity contribution in [1.82, 2.24) is 9.97 Å². The molecule has 0 radical (unpaired) electrons. The van der Waals surface area contributed by atoms with Crippen molar-refractivity contribution in [2.75, 3.05) is 17.6 Å². The average Bonchev–Trinajstić information content (AvgIpc) is 3.09. The number of aliphatic hydroxyl groups excluding tert-OH is 1. The van der Waals surface area contributed by atoms with Gasteiger partial charge in [-0.3, -0.25) is 0 Å². The van der Waals surface area contributed by atoms with Crippen LogP contribution in [-0.2, 0) is 6.42 Å². The summed E-state index contributed by atoms with van der Waals surface area (Å²) in [6, 6.07) is 0. The summed E-state index contributed by atoms with van der Waals surface area (Å²) in [5, 5.41) is 12.9. The predicted octanol–water partition coefficient (Wildman–Crippen LogP) is 0.804. The van der Waals surface area contributed by atoms with Crippen molar-refractivity contribution < 1.29 is 5.11 Å². The van der Waals surface area contributed by atoms with Crippen LogP contribution in [0.25, 0.3) is 0 Å². The minimum absolute atomic E-state index is 0.277. The van der Waals surface area contributed by atoms with Gasteiger partial charge in [-0.2, -0.15) is 0 Å². The van der Waals surface area contributed by atoms with Gasteiger partial charge in [0.2, 0.25) is 0 Å². The van der Waals surface area contributed by atoms with Gasteiger partial charge in [-0.25, -0.2) is 9.97 Å². The lowest BCUT2D eigenvalue weighted by Crippen LogP contribution is -2.22. The van der Waals surface area contributed by atoms with E-state index >= 15 is 0 Å². The molecule has 1 heterocycles. The first-order chi connectivity index (χ1) is 7.72. The van der Waals surface area contributed by atoms with Gasteiger partial charge in [-0.1, -0.05) is 6.92 Å². The number of nitrogen functional groups attached to an aromatic ring is 1. The van der Waals surface area contributed by atoms with Crippen LogP contribution in [0.15, 0.2) is 6.33 Å². The van der Waals surface area contributed by atoms with E-state index in [1.165, 1.54) is 6.33 Å². The molecule has 1 aromatic heterocycles. The lowest BCUT2D eigenvalue weighted by atomic mass is 10.2. The van der Waals surface area contributed by atoms with Gasteiger partial charge in [0.25, 0.3) is 0 Å². The first-order valence-electron chi connectivity index (χ1n) is 5.73. The molecule has 1 aliphatic carbocycles. The summed E-state index contributed by atoms with van der Waals surface area (Å²) in [5.41, 5.74) is 6.68. The zero-order valence-electron chi connectivity index (χ0n) is 9.48. The molecule has 5 nitrogen and oxygen atoms in total. The average molecular weight is 222 g/mol. The zero-order valence-corrected chi connectivity index (χ0v) is 9.48. The first-order valence-corrected chi connectivity index (χ1v) is 5.73. The second-order valence-electron chi connectivity index (χ2n) is 4.23. The van der Waals surface area contributed by atoms with Crippen molar-refractivity contribution in [3.63, 3.8) is 0 Å². The van der Waals surface area contributed by atoms with Crippen LogP contribution >= 0.6 is 0 Å². The van der Waals surface area contributed by atoms with Gasteiger partial charge in [0.1, 0.15) is 18.0 Å². The Kier molecular flexibility index (Phi) is 3.24.